The third-order valence-electron chi connectivity index (χ3n) is 2.22. The highest BCUT2D eigenvalue weighted by Crippen LogP contribution is 2.24. The van der Waals surface area contributed by atoms with Crippen molar-refractivity contribution in [1.29, 1.82) is 0 Å². The predicted molar refractivity (Wildman–Crippen MR) is 64.0 cm³/mol. The minimum atomic E-state index is -0.186. The summed E-state index contributed by atoms with van der Waals surface area (Å²) in [5.74, 6) is 0.751. The van der Waals surface area contributed by atoms with E-state index < -0.39 is 0 Å². The van der Waals surface area contributed by atoms with Gasteiger partial charge in [0.05, 0.1) is 13.2 Å². The number of hydrogen-bond acceptors (Lipinski definition) is 3. The molecular weight excluding hydrogens is 208 g/mol. The molecule has 15 heavy (non-hydrogen) atoms. The zero-order chi connectivity index (χ0) is 10.5. The normalized spacial score (nSPS) is 17.7. The minimum absolute atomic E-state index is 0.186. The molecule has 0 bridgehead atoms. The summed E-state index contributed by atoms with van der Waals surface area (Å²) < 4.78 is 10.9. The van der Waals surface area contributed by atoms with E-state index in [1.807, 2.05) is 24.3 Å². The van der Waals surface area contributed by atoms with Gasteiger partial charge in [-0.3, -0.25) is 0 Å². The van der Waals surface area contributed by atoms with Crippen molar-refractivity contribution in [2.45, 2.75) is 6.29 Å². The molecule has 0 unspecified atom stereocenters. The van der Waals surface area contributed by atoms with Gasteiger partial charge in [0, 0.05) is 11.3 Å². The molecule has 80 valence electrons. The summed E-state index contributed by atoms with van der Waals surface area (Å²) in [6, 6.07) is 8.17. The molecular formula is C12H14O2S. The minimum Gasteiger partial charge on any atom is -0.346 e. The Kier molecular flexibility index (Phi) is 3.83. The highest BCUT2D eigenvalue weighted by molar-refractivity contribution is 7.80. The Hall–Kier alpha value is -0.770. The molecule has 1 aliphatic rings. The fraction of sp³-hybridized carbons (Fsp3) is 0.333. The van der Waals surface area contributed by atoms with Gasteiger partial charge in [0.2, 0.25) is 0 Å². The number of ether oxygens (including phenoxy) is 2. The molecule has 2 nitrogen and oxygen atoms in total. The van der Waals surface area contributed by atoms with Crippen LogP contribution in [0.5, 0.6) is 0 Å². The van der Waals surface area contributed by atoms with Gasteiger partial charge < -0.3 is 9.47 Å². The van der Waals surface area contributed by atoms with Gasteiger partial charge in [-0.1, -0.05) is 30.4 Å². The highest BCUT2D eigenvalue weighted by Gasteiger charge is 2.17. The van der Waals surface area contributed by atoms with Gasteiger partial charge in [-0.2, -0.15) is 12.6 Å². The molecule has 0 aliphatic carbocycles. The summed E-state index contributed by atoms with van der Waals surface area (Å²) in [4.78, 5) is 0. The summed E-state index contributed by atoms with van der Waals surface area (Å²) in [5.41, 5.74) is 2.23. The molecule has 1 fully saturated rings. The van der Waals surface area contributed by atoms with Crippen molar-refractivity contribution in [3.05, 3.63) is 41.5 Å². The van der Waals surface area contributed by atoms with Crippen molar-refractivity contribution in [1.82, 2.24) is 0 Å². The van der Waals surface area contributed by atoms with E-state index in [0.717, 1.165) is 16.9 Å². The van der Waals surface area contributed by atoms with Gasteiger partial charge in [-0.25, -0.2) is 0 Å². The monoisotopic (exact) mass is 222 g/mol. The zero-order valence-corrected chi connectivity index (χ0v) is 9.32. The van der Waals surface area contributed by atoms with E-state index in [1.54, 1.807) is 0 Å². The molecule has 1 saturated heterocycles. The fourth-order valence-corrected chi connectivity index (χ4v) is 1.65. The Morgan fingerprint density at radius 1 is 1.33 bits per heavy atom. The standard InChI is InChI=1S/C12H14O2S/c15-8-2-4-10-3-1-5-11(9-10)12-13-6-7-14-12/h1-5,9,12,15H,6-8H2. The van der Waals surface area contributed by atoms with E-state index in [2.05, 4.69) is 24.8 Å². The first-order chi connectivity index (χ1) is 7.40. The lowest BCUT2D eigenvalue weighted by Crippen LogP contribution is -1.97. The first-order valence-corrected chi connectivity index (χ1v) is 5.64. The second kappa shape index (κ2) is 5.35. The van der Waals surface area contributed by atoms with Crippen LogP contribution < -0.4 is 0 Å². The summed E-state index contributed by atoms with van der Waals surface area (Å²) in [6.07, 6.45) is 3.87. The van der Waals surface area contributed by atoms with Crippen molar-refractivity contribution in [2.75, 3.05) is 19.0 Å². The van der Waals surface area contributed by atoms with Gasteiger partial charge in [0.25, 0.3) is 0 Å². The average molecular weight is 222 g/mol. The van der Waals surface area contributed by atoms with Crippen LogP contribution in [-0.2, 0) is 9.47 Å². The topological polar surface area (TPSA) is 18.5 Å². The van der Waals surface area contributed by atoms with Gasteiger partial charge >= 0.3 is 0 Å². The van der Waals surface area contributed by atoms with Crippen LogP contribution >= 0.6 is 12.6 Å². The Bertz CT molecular complexity index is 343. The maximum absolute atomic E-state index is 5.44. The van der Waals surface area contributed by atoms with E-state index in [0.29, 0.717) is 13.2 Å². The highest BCUT2D eigenvalue weighted by atomic mass is 32.1. The molecule has 0 aromatic heterocycles. The lowest BCUT2D eigenvalue weighted by atomic mass is 10.1. The summed E-state index contributed by atoms with van der Waals surface area (Å²) in [6.45, 7) is 1.36. The van der Waals surface area contributed by atoms with Gasteiger partial charge in [0.15, 0.2) is 6.29 Å². The van der Waals surface area contributed by atoms with Crippen LogP contribution in [0.2, 0.25) is 0 Å². The van der Waals surface area contributed by atoms with Crippen LogP contribution in [0.15, 0.2) is 30.3 Å². The van der Waals surface area contributed by atoms with Crippen LogP contribution in [0.1, 0.15) is 17.4 Å². The fourth-order valence-electron chi connectivity index (χ4n) is 1.55. The van der Waals surface area contributed by atoms with Crippen molar-refractivity contribution in [3.8, 4) is 0 Å². The molecule has 0 N–H and O–H groups in total. The van der Waals surface area contributed by atoms with Gasteiger partial charge in [0.1, 0.15) is 0 Å². The average Bonchev–Trinajstić information content (AvgIpc) is 2.80. The van der Waals surface area contributed by atoms with E-state index in [-0.39, 0.29) is 6.29 Å². The first kappa shape index (κ1) is 10.7. The molecule has 0 spiro atoms. The Labute approximate surface area is 95.3 Å². The molecule has 1 heterocycles. The van der Waals surface area contributed by atoms with Crippen LogP contribution in [0.3, 0.4) is 0 Å². The van der Waals surface area contributed by atoms with Crippen LogP contribution in [-0.4, -0.2) is 19.0 Å². The van der Waals surface area contributed by atoms with Crippen LogP contribution in [0.4, 0.5) is 0 Å². The second-order valence-electron chi connectivity index (χ2n) is 3.33. The van der Waals surface area contributed by atoms with Crippen LogP contribution in [0, 0.1) is 0 Å². The number of rotatable bonds is 3. The molecule has 2 rings (SSSR count). The third kappa shape index (κ3) is 2.84. The number of hydrogen-bond donors (Lipinski definition) is 1. The summed E-state index contributed by atoms with van der Waals surface area (Å²) in [7, 11) is 0. The number of benzene rings is 1. The SMILES string of the molecule is SCC=Cc1cccc(C2OCCO2)c1. The van der Waals surface area contributed by atoms with Gasteiger partial charge in [-0.05, 0) is 11.6 Å². The molecule has 0 radical (unpaired) electrons. The largest absolute Gasteiger partial charge is 0.346 e. The lowest BCUT2D eigenvalue weighted by Gasteiger charge is -2.09. The molecule has 1 aromatic rings. The quantitative estimate of drug-likeness (QED) is 0.793. The molecule has 0 amide bonds. The molecule has 3 heteroatoms. The third-order valence-corrected chi connectivity index (χ3v) is 2.43. The van der Waals surface area contributed by atoms with E-state index in [1.165, 1.54) is 0 Å². The van der Waals surface area contributed by atoms with Crippen molar-refractivity contribution < 1.29 is 9.47 Å². The first-order valence-electron chi connectivity index (χ1n) is 5.01. The Morgan fingerprint density at radius 3 is 2.87 bits per heavy atom. The molecule has 0 atom stereocenters. The molecule has 0 saturated carbocycles. The zero-order valence-electron chi connectivity index (χ0n) is 8.43. The summed E-state index contributed by atoms with van der Waals surface area (Å²) >= 11 is 4.13. The second-order valence-corrected chi connectivity index (χ2v) is 3.69. The van der Waals surface area contributed by atoms with E-state index >= 15 is 0 Å². The van der Waals surface area contributed by atoms with Crippen LogP contribution in [0.25, 0.3) is 6.08 Å². The van der Waals surface area contributed by atoms with E-state index in [9.17, 15) is 0 Å². The number of thiol groups is 1. The Balaban J connectivity index is 2.14. The lowest BCUT2D eigenvalue weighted by molar-refractivity contribution is -0.0441. The van der Waals surface area contributed by atoms with E-state index in [4.69, 9.17) is 9.47 Å². The van der Waals surface area contributed by atoms with Crippen molar-refractivity contribution in [3.63, 3.8) is 0 Å². The van der Waals surface area contributed by atoms with Gasteiger partial charge in [-0.15, -0.1) is 0 Å². The van der Waals surface area contributed by atoms with Crippen molar-refractivity contribution >= 4 is 18.7 Å². The molecule has 1 aliphatic heterocycles. The predicted octanol–water partition coefficient (Wildman–Crippen LogP) is 2.68. The molecule has 1 aromatic carbocycles. The maximum atomic E-state index is 5.44. The Morgan fingerprint density at radius 2 is 2.13 bits per heavy atom. The maximum Gasteiger partial charge on any atom is 0.184 e. The summed E-state index contributed by atoms with van der Waals surface area (Å²) in [5, 5.41) is 0. The smallest absolute Gasteiger partial charge is 0.184 e. The van der Waals surface area contributed by atoms with Crippen molar-refractivity contribution in [2.24, 2.45) is 0 Å².